The SMILES string of the molecule is O=C(CN1CCN(c2ccccc2O)CC1)Nc1ccc2c(c1)OC1(CCCCC1)O2. The largest absolute Gasteiger partial charge is 0.506 e. The number of hydrogen-bond acceptors (Lipinski definition) is 6. The van der Waals surface area contributed by atoms with Crippen LogP contribution in [-0.4, -0.2) is 54.4 Å². The normalized spacial score (nSPS) is 20.1. The lowest BCUT2D eigenvalue weighted by Gasteiger charge is -2.35. The highest BCUT2D eigenvalue weighted by atomic mass is 16.7. The number of phenolic OH excluding ortho intramolecular Hbond substituents is 1. The number of para-hydroxylation sites is 2. The summed E-state index contributed by atoms with van der Waals surface area (Å²) in [4.78, 5) is 16.9. The zero-order valence-electron chi connectivity index (χ0n) is 17.7. The number of nitrogens with one attached hydrogen (secondary N) is 1. The number of anilines is 2. The monoisotopic (exact) mass is 423 g/mol. The summed E-state index contributed by atoms with van der Waals surface area (Å²) in [5.74, 6) is 1.24. The van der Waals surface area contributed by atoms with Crippen LogP contribution in [0.15, 0.2) is 42.5 Å². The van der Waals surface area contributed by atoms with Crippen molar-refractivity contribution in [3.63, 3.8) is 0 Å². The average Bonchev–Trinajstić information content (AvgIpc) is 3.11. The first-order valence-corrected chi connectivity index (χ1v) is 11.2. The van der Waals surface area contributed by atoms with Crippen LogP contribution in [0.4, 0.5) is 11.4 Å². The Balaban J connectivity index is 1.14. The Labute approximate surface area is 182 Å². The predicted octanol–water partition coefficient (Wildman–Crippen LogP) is 3.58. The van der Waals surface area contributed by atoms with Gasteiger partial charge in [-0.25, -0.2) is 0 Å². The molecule has 0 unspecified atom stereocenters. The summed E-state index contributed by atoms with van der Waals surface area (Å²) in [7, 11) is 0. The number of benzene rings is 2. The molecule has 1 spiro atoms. The smallest absolute Gasteiger partial charge is 0.251 e. The molecule has 5 rings (SSSR count). The fourth-order valence-electron chi connectivity index (χ4n) is 4.75. The van der Waals surface area contributed by atoms with Gasteiger partial charge >= 0.3 is 0 Å². The molecule has 2 heterocycles. The highest BCUT2D eigenvalue weighted by molar-refractivity contribution is 5.92. The van der Waals surface area contributed by atoms with Crippen LogP contribution >= 0.6 is 0 Å². The van der Waals surface area contributed by atoms with Gasteiger partial charge in [0.25, 0.3) is 5.79 Å². The molecule has 1 aliphatic carbocycles. The first-order chi connectivity index (χ1) is 15.1. The van der Waals surface area contributed by atoms with Crippen molar-refractivity contribution in [1.29, 1.82) is 0 Å². The van der Waals surface area contributed by atoms with E-state index in [4.69, 9.17) is 9.47 Å². The van der Waals surface area contributed by atoms with Crippen LogP contribution in [0.1, 0.15) is 32.1 Å². The quantitative estimate of drug-likeness (QED) is 0.783. The molecule has 2 N–H and O–H groups in total. The number of ether oxygens (including phenoxy) is 2. The van der Waals surface area contributed by atoms with E-state index >= 15 is 0 Å². The first kappa shape index (κ1) is 20.0. The minimum absolute atomic E-state index is 0.0396. The third-order valence-corrected chi connectivity index (χ3v) is 6.40. The first-order valence-electron chi connectivity index (χ1n) is 11.2. The Morgan fingerprint density at radius 3 is 2.48 bits per heavy atom. The summed E-state index contributed by atoms with van der Waals surface area (Å²) >= 11 is 0. The number of rotatable bonds is 4. The number of phenols is 1. The van der Waals surface area contributed by atoms with Gasteiger partial charge in [-0.1, -0.05) is 18.6 Å². The molecule has 0 bridgehead atoms. The van der Waals surface area contributed by atoms with Crippen molar-refractivity contribution in [1.82, 2.24) is 4.90 Å². The van der Waals surface area contributed by atoms with Gasteiger partial charge in [-0.2, -0.15) is 0 Å². The number of hydrogen-bond donors (Lipinski definition) is 2. The van der Waals surface area contributed by atoms with E-state index in [0.717, 1.165) is 74.7 Å². The summed E-state index contributed by atoms with van der Waals surface area (Å²) in [6.07, 6.45) is 5.29. The number of fused-ring (bicyclic) bond motifs is 1. The van der Waals surface area contributed by atoms with Gasteiger partial charge < -0.3 is 24.8 Å². The Morgan fingerprint density at radius 2 is 1.71 bits per heavy atom. The van der Waals surface area contributed by atoms with Gasteiger partial charge in [0.15, 0.2) is 11.5 Å². The molecule has 1 saturated carbocycles. The standard InChI is InChI=1S/C24H29N3O4/c28-20-7-3-2-6-19(20)27-14-12-26(13-15-27)17-23(29)25-18-8-9-21-22(16-18)31-24(30-21)10-4-1-5-11-24/h2-3,6-9,16,28H,1,4-5,10-15,17H2,(H,25,29). The number of carbonyl (C=O) groups is 1. The highest BCUT2D eigenvalue weighted by Crippen LogP contribution is 2.46. The van der Waals surface area contributed by atoms with Crippen LogP contribution in [0.25, 0.3) is 0 Å². The molecule has 1 amide bonds. The average molecular weight is 424 g/mol. The van der Waals surface area contributed by atoms with E-state index in [1.165, 1.54) is 6.42 Å². The van der Waals surface area contributed by atoms with Gasteiger partial charge in [0.05, 0.1) is 12.2 Å². The summed E-state index contributed by atoms with van der Waals surface area (Å²) in [5, 5.41) is 13.0. The molecule has 3 aliphatic rings. The van der Waals surface area contributed by atoms with Crippen LogP contribution in [0.3, 0.4) is 0 Å². The maximum absolute atomic E-state index is 12.6. The van der Waals surface area contributed by atoms with Crippen LogP contribution in [-0.2, 0) is 4.79 Å². The lowest BCUT2D eigenvalue weighted by atomic mass is 9.94. The van der Waals surface area contributed by atoms with Crippen LogP contribution < -0.4 is 19.7 Å². The summed E-state index contributed by atoms with van der Waals surface area (Å²) in [6, 6.07) is 13.0. The zero-order valence-corrected chi connectivity index (χ0v) is 17.7. The summed E-state index contributed by atoms with van der Waals surface area (Å²) in [6.45, 7) is 3.43. The van der Waals surface area contributed by atoms with Crippen molar-refractivity contribution in [2.45, 2.75) is 37.9 Å². The van der Waals surface area contributed by atoms with E-state index in [1.807, 2.05) is 36.4 Å². The van der Waals surface area contributed by atoms with Gasteiger partial charge in [0.2, 0.25) is 5.91 Å². The lowest BCUT2D eigenvalue weighted by molar-refractivity contribution is -0.117. The van der Waals surface area contributed by atoms with Crippen molar-refractivity contribution in [3.8, 4) is 17.2 Å². The minimum atomic E-state index is -0.504. The van der Waals surface area contributed by atoms with Crippen molar-refractivity contribution in [2.24, 2.45) is 0 Å². The number of aromatic hydroxyl groups is 1. The second-order valence-electron chi connectivity index (χ2n) is 8.64. The fraction of sp³-hybridized carbons (Fsp3) is 0.458. The highest BCUT2D eigenvalue weighted by Gasteiger charge is 2.42. The molecule has 7 heteroatoms. The fourth-order valence-corrected chi connectivity index (χ4v) is 4.75. The molecule has 0 radical (unpaired) electrons. The van der Waals surface area contributed by atoms with Gasteiger partial charge in [-0.3, -0.25) is 9.69 Å². The molecule has 7 nitrogen and oxygen atoms in total. The third-order valence-electron chi connectivity index (χ3n) is 6.40. The van der Waals surface area contributed by atoms with E-state index in [1.54, 1.807) is 6.07 Å². The molecule has 0 aromatic heterocycles. The molecular weight excluding hydrogens is 394 g/mol. The molecule has 0 atom stereocenters. The molecule has 31 heavy (non-hydrogen) atoms. The number of nitrogens with zero attached hydrogens (tertiary/aromatic N) is 2. The van der Waals surface area contributed by atoms with E-state index < -0.39 is 5.79 Å². The van der Waals surface area contributed by atoms with E-state index in [-0.39, 0.29) is 5.91 Å². The summed E-state index contributed by atoms with van der Waals surface area (Å²) in [5.41, 5.74) is 1.58. The molecule has 1 saturated heterocycles. The van der Waals surface area contributed by atoms with E-state index in [9.17, 15) is 9.90 Å². The van der Waals surface area contributed by atoms with E-state index in [0.29, 0.717) is 12.3 Å². The lowest BCUT2D eigenvalue weighted by Crippen LogP contribution is -2.48. The molecule has 2 aliphatic heterocycles. The van der Waals surface area contributed by atoms with Crippen molar-refractivity contribution in [3.05, 3.63) is 42.5 Å². The minimum Gasteiger partial charge on any atom is -0.506 e. The molecule has 2 aromatic carbocycles. The molecular formula is C24H29N3O4. The van der Waals surface area contributed by atoms with Gasteiger partial charge in [-0.15, -0.1) is 0 Å². The van der Waals surface area contributed by atoms with E-state index in [2.05, 4.69) is 15.1 Å². The molecule has 2 aromatic rings. The van der Waals surface area contributed by atoms with Gasteiger partial charge in [0, 0.05) is 50.8 Å². The van der Waals surface area contributed by atoms with Crippen molar-refractivity contribution < 1.29 is 19.4 Å². The van der Waals surface area contributed by atoms with Gasteiger partial charge in [0.1, 0.15) is 5.75 Å². The summed E-state index contributed by atoms with van der Waals surface area (Å²) < 4.78 is 12.3. The second kappa shape index (κ2) is 8.30. The number of piperazine rings is 1. The Bertz CT molecular complexity index is 950. The molecule has 2 fully saturated rings. The van der Waals surface area contributed by atoms with Crippen LogP contribution in [0, 0.1) is 0 Å². The maximum atomic E-state index is 12.6. The third kappa shape index (κ3) is 4.28. The number of carbonyl (C=O) groups excluding carboxylic acids is 1. The van der Waals surface area contributed by atoms with Crippen LogP contribution in [0.2, 0.25) is 0 Å². The second-order valence-corrected chi connectivity index (χ2v) is 8.64. The maximum Gasteiger partial charge on any atom is 0.251 e. The Kier molecular flexibility index (Phi) is 5.36. The van der Waals surface area contributed by atoms with Gasteiger partial charge in [-0.05, 0) is 37.1 Å². The predicted molar refractivity (Wildman–Crippen MR) is 119 cm³/mol. The number of amides is 1. The van der Waals surface area contributed by atoms with Crippen molar-refractivity contribution >= 4 is 17.3 Å². The van der Waals surface area contributed by atoms with Crippen molar-refractivity contribution in [2.75, 3.05) is 42.9 Å². The zero-order chi connectivity index (χ0) is 21.3. The molecule has 164 valence electrons. The van der Waals surface area contributed by atoms with Crippen LogP contribution in [0.5, 0.6) is 17.2 Å². The topological polar surface area (TPSA) is 74.3 Å². The Hall–Kier alpha value is -2.93. The Morgan fingerprint density at radius 1 is 0.968 bits per heavy atom.